The largest absolute Gasteiger partial charge is 0.324 e. The van der Waals surface area contributed by atoms with E-state index in [-0.39, 0.29) is 6.04 Å². The first-order chi connectivity index (χ1) is 6.43. The molecule has 1 aromatic rings. The van der Waals surface area contributed by atoms with Gasteiger partial charge in [-0.3, -0.25) is 0 Å². The van der Waals surface area contributed by atoms with Crippen molar-refractivity contribution >= 4 is 15.9 Å². The summed E-state index contributed by atoms with van der Waals surface area (Å²) in [5.41, 5.74) is 9.93. The number of benzene rings is 1. The van der Waals surface area contributed by atoms with Crippen molar-refractivity contribution in [2.24, 2.45) is 11.7 Å². The lowest BCUT2D eigenvalue weighted by Gasteiger charge is -2.19. The van der Waals surface area contributed by atoms with Gasteiger partial charge in [0, 0.05) is 10.5 Å². The highest BCUT2D eigenvalue weighted by Gasteiger charge is 2.13. The summed E-state index contributed by atoms with van der Waals surface area (Å²) in [7, 11) is 0. The van der Waals surface area contributed by atoms with E-state index in [1.54, 1.807) is 0 Å². The predicted molar refractivity (Wildman–Crippen MR) is 65.4 cm³/mol. The van der Waals surface area contributed by atoms with Crippen molar-refractivity contribution in [1.29, 1.82) is 0 Å². The number of halogens is 1. The summed E-state index contributed by atoms with van der Waals surface area (Å²) in [5, 5.41) is 0. The SMILES string of the molecule is Cc1cc([C@H](N)C(C)C)c(C)cc1Br. The van der Waals surface area contributed by atoms with E-state index in [1.807, 2.05) is 0 Å². The fourth-order valence-electron chi connectivity index (χ4n) is 1.52. The van der Waals surface area contributed by atoms with Crippen LogP contribution in [0.25, 0.3) is 0 Å². The van der Waals surface area contributed by atoms with E-state index in [1.165, 1.54) is 16.7 Å². The Balaban J connectivity index is 3.15. The zero-order valence-electron chi connectivity index (χ0n) is 9.26. The van der Waals surface area contributed by atoms with Crippen LogP contribution in [-0.2, 0) is 0 Å². The van der Waals surface area contributed by atoms with Crippen molar-refractivity contribution in [3.63, 3.8) is 0 Å². The van der Waals surface area contributed by atoms with Crippen molar-refractivity contribution in [1.82, 2.24) is 0 Å². The van der Waals surface area contributed by atoms with Crippen LogP contribution in [0.15, 0.2) is 16.6 Å². The molecule has 2 heteroatoms. The Labute approximate surface area is 94.8 Å². The average Bonchev–Trinajstić information content (AvgIpc) is 2.10. The van der Waals surface area contributed by atoms with Crippen LogP contribution in [0.2, 0.25) is 0 Å². The molecule has 0 aliphatic rings. The van der Waals surface area contributed by atoms with Crippen molar-refractivity contribution in [2.45, 2.75) is 33.7 Å². The summed E-state index contributed by atoms with van der Waals surface area (Å²) >= 11 is 3.53. The van der Waals surface area contributed by atoms with Crippen molar-refractivity contribution in [2.75, 3.05) is 0 Å². The smallest absolute Gasteiger partial charge is 0.0320 e. The first-order valence-electron chi connectivity index (χ1n) is 4.95. The molecular formula is C12H18BrN. The van der Waals surface area contributed by atoms with Gasteiger partial charge < -0.3 is 5.73 Å². The Morgan fingerprint density at radius 3 is 2.21 bits per heavy atom. The lowest BCUT2D eigenvalue weighted by Crippen LogP contribution is -2.18. The highest BCUT2D eigenvalue weighted by atomic mass is 79.9. The predicted octanol–water partition coefficient (Wildman–Crippen LogP) is 3.72. The molecular weight excluding hydrogens is 238 g/mol. The summed E-state index contributed by atoms with van der Waals surface area (Å²) in [6.07, 6.45) is 0. The topological polar surface area (TPSA) is 26.0 Å². The molecule has 1 atom stereocenters. The second-order valence-electron chi connectivity index (χ2n) is 4.23. The highest BCUT2D eigenvalue weighted by molar-refractivity contribution is 9.10. The molecule has 0 spiro atoms. The molecule has 1 rings (SSSR count). The third-order valence-corrected chi connectivity index (χ3v) is 3.48. The zero-order valence-corrected chi connectivity index (χ0v) is 10.9. The zero-order chi connectivity index (χ0) is 10.9. The van der Waals surface area contributed by atoms with Crippen LogP contribution in [0.3, 0.4) is 0 Å². The van der Waals surface area contributed by atoms with Crippen LogP contribution in [0.1, 0.15) is 36.6 Å². The van der Waals surface area contributed by atoms with Gasteiger partial charge in [-0.25, -0.2) is 0 Å². The molecule has 0 aliphatic heterocycles. The van der Waals surface area contributed by atoms with Gasteiger partial charge in [0.25, 0.3) is 0 Å². The Hall–Kier alpha value is -0.340. The van der Waals surface area contributed by atoms with Gasteiger partial charge in [0.2, 0.25) is 0 Å². The van der Waals surface area contributed by atoms with E-state index in [9.17, 15) is 0 Å². The molecule has 0 fully saturated rings. The normalized spacial score (nSPS) is 13.4. The highest BCUT2D eigenvalue weighted by Crippen LogP contribution is 2.27. The molecule has 2 N–H and O–H groups in total. The number of nitrogens with two attached hydrogens (primary N) is 1. The van der Waals surface area contributed by atoms with Crippen molar-refractivity contribution in [3.8, 4) is 0 Å². The van der Waals surface area contributed by atoms with E-state index in [4.69, 9.17) is 5.73 Å². The number of aryl methyl sites for hydroxylation is 2. The lowest BCUT2D eigenvalue weighted by molar-refractivity contribution is 0.512. The maximum atomic E-state index is 6.14. The third-order valence-electron chi connectivity index (χ3n) is 2.62. The van der Waals surface area contributed by atoms with Crippen LogP contribution >= 0.6 is 15.9 Å². The first kappa shape index (κ1) is 11.7. The van der Waals surface area contributed by atoms with E-state index in [2.05, 4.69) is 55.8 Å². The van der Waals surface area contributed by atoms with Crippen molar-refractivity contribution in [3.05, 3.63) is 33.3 Å². The number of rotatable bonds is 2. The van der Waals surface area contributed by atoms with E-state index >= 15 is 0 Å². The molecule has 0 aliphatic carbocycles. The molecule has 78 valence electrons. The number of hydrogen-bond acceptors (Lipinski definition) is 1. The fourth-order valence-corrected chi connectivity index (χ4v) is 1.98. The third kappa shape index (κ3) is 2.37. The summed E-state index contributed by atoms with van der Waals surface area (Å²) in [6, 6.07) is 4.47. The molecule has 0 radical (unpaired) electrons. The Morgan fingerprint density at radius 2 is 1.71 bits per heavy atom. The van der Waals surface area contributed by atoms with Gasteiger partial charge in [0.05, 0.1) is 0 Å². The van der Waals surface area contributed by atoms with E-state index in [0.717, 1.165) is 4.47 Å². The molecule has 0 saturated carbocycles. The van der Waals surface area contributed by atoms with Gasteiger partial charge in [0.1, 0.15) is 0 Å². The maximum absolute atomic E-state index is 6.14. The molecule has 0 bridgehead atoms. The van der Waals surface area contributed by atoms with Crippen LogP contribution in [-0.4, -0.2) is 0 Å². The molecule has 0 saturated heterocycles. The van der Waals surface area contributed by atoms with Gasteiger partial charge in [0.15, 0.2) is 0 Å². The first-order valence-corrected chi connectivity index (χ1v) is 5.75. The summed E-state index contributed by atoms with van der Waals surface area (Å²) in [4.78, 5) is 0. The number of hydrogen-bond donors (Lipinski definition) is 1. The minimum atomic E-state index is 0.141. The molecule has 0 aromatic heterocycles. The molecule has 0 amide bonds. The Kier molecular flexibility index (Phi) is 3.73. The quantitative estimate of drug-likeness (QED) is 0.857. The minimum Gasteiger partial charge on any atom is -0.324 e. The monoisotopic (exact) mass is 255 g/mol. The molecule has 0 unspecified atom stereocenters. The van der Waals surface area contributed by atoms with Crippen LogP contribution < -0.4 is 5.73 Å². The van der Waals surface area contributed by atoms with E-state index < -0.39 is 0 Å². The maximum Gasteiger partial charge on any atom is 0.0320 e. The summed E-state index contributed by atoms with van der Waals surface area (Å²) in [5.74, 6) is 0.481. The molecule has 1 nitrogen and oxygen atoms in total. The molecule has 0 heterocycles. The second-order valence-corrected chi connectivity index (χ2v) is 5.08. The Morgan fingerprint density at radius 1 is 1.14 bits per heavy atom. The van der Waals surface area contributed by atoms with Crippen LogP contribution in [0.4, 0.5) is 0 Å². The van der Waals surface area contributed by atoms with Crippen molar-refractivity contribution < 1.29 is 0 Å². The van der Waals surface area contributed by atoms with Crippen LogP contribution in [0.5, 0.6) is 0 Å². The second kappa shape index (κ2) is 4.45. The molecule has 14 heavy (non-hydrogen) atoms. The van der Waals surface area contributed by atoms with E-state index in [0.29, 0.717) is 5.92 Å². The summed E-state index contributed by atoms with van der Waals surface area (Å²) in [6.45, 7) is 8.52. The average molecular weight is 256 g/mol. The fraction of sp³-hybridized carbons (Fsp3) is 0.500. The lowest BCUT2D eigenvalue weighted by atomic mass is 9.92. The standard InChI is InChI=1S/C12H18BrN/c1-7(2)12(14)10-5-9(4)11(13)6-8(10)3/h5-7,12H,14H2,1-4H3/t12-/m1/s1. The molecule has 1 aromatic carbocycles. The van der Waals surface area contributed by atoms with Gasteiger partial charge in [-0.15, -0.1) is 0 Å². The van der Waals surface area contributed by atoms with Gasteiger partial charge in [-0.2, -0.15) is 0 Å². The van der Waals surface area contributed by atoms with Gasteiger partial charge >= 0.3 is 0 Å². The summed E-state index contributed by atoms with van der Waals surface area (Å²) < 4.78 is 1.16. The van der Waals surface area contributed by atoms with Gasteiger partial charge in [-0.05, 0) is 42.5 Å². The Bertz CT molecular complexity index is 331. The van der Waals surface area contributed by atoms with Crippen LogP contribution in [0, 0.1) is 19.8 Å². The minimum absolute atomic E-state index is 0.141. The van der Waals surface area contributed by atoms with Gasteiger partial charge in [-0.1, -0.05) is 35.8 Å².